The maximum absolute atomic E-state index is 5.84. The third kappa shape index (κ3) is 4.34. The summed E-state index contributed by atoms with van der Waals surface area (Å²) in [6, 6.07) is 12.0. The van der Waals surface area contributed by atoms with Crippen LogP contribution in [0.2, 0.25) is 0 Å². The highest BCUT2D eigenvalue weighted by molar-refractivity contribution is 7.98. The van der Waals surface area contributed by atoms with Crippen LogP contribution in [0.1, 0.15) is 16.8 Å². The highest BCUT2D eigenvalue weighted by Crippen LogP contribution is 2.39. The fourth-order valence-corrected chi connectivity index (χ4v) is 4.77. The van der Waals surface area contributed by atoms with E-state index in [1.54, 1.807) is 25.6 Å². The van der Waals surface area contributed by atoms with E-state index in [0.29, 0.717) is 28.4 Å². The lowest BCUT2D eigenvalue weighted by Crippen LogP contribution is -1.93. The van der Waals surface area contributed by atoms with Gasteiger partial charge in [-0.05, 0) is 38.1 Å². The van der Waals surface area contributed by atoms with Gasteiger partial charge in [0.2, 0.25) is 5.89 Å². The minimum atomic E-state index is 0.526. The molecular formula is C22H21N3O3S2. The predicted octanol–water partition coefficient (Wildman–Crippen LogP) is 5.79. The Morgan fingerprint density at radius 2 is 1.83 bits per heavy atom. The molecule has 0 saturated heterocycles. The summed E-state index contributed by atoms with van der Waals surface area (Å²) >= 11 is 3.04. The Labute approximate surface area is 183 Å². The molecule has 2 aromatic carbocycles. The number of ether oxygens (including phenoxy) is 2. The van der Waals surface area contributed by atoms with Gasteiger partial charge in [-0.25, -0.2) is 4.98 Å². The topological polar surface area (TPSA) is 70.3 Å². The van der Waals surface area contributed by atoms with Gasteiger partial charge in [-0.1, -0.05) is 35.0 Å². The zero-order valence-electron chi connectivity index (χ0n) is 17.1. The summed E-state index contributed by atoms with van der Waals surface area (Å²) in [7, 11) is 3.26. The van der Waals surface area contributed by atoms with Crippen molar-refractivity contribution in [1.82, 2.24) is 15.2 Å². The lowest BCUT2D eigenvalue weighted by atomic mass is 10.1. The van der Waals surface area contributed by atoms with Gasteiger partial charge < -0.3 is 13.9 Å². The van der Waals surface area contributed by atoms with Gasteiger partial charge in [-0.15, -0.1) is 21.5 Å². The molecule has 4 aromatic rings. The van der Waals surface area contributed by atoms with Crippen molar-refractivity contribution >= 4 is 23.1 Å². The van der Waals surface area contributed by atoms with Gasteiger partial charge in [0.1, 0.15) is 5.01 Å². The molecule has 4 rings (SSSR count). The summed E-state index contributed by atoms with van der Waals surface area (Å²) in [6.07, 6.45) is 0. The molecule has 154 valence electrons. The molecule has 0 unspecified atom stereocenters. The van der Waals surface area contributed by atoms with Gasteiger partial charge in [-0.3, -0.25) is 0 Å². The van der Waals surface area contributed by atoms with Gasteiger partial charge in [0.25, 0.3) is 5.22 Å². The summed E-state index contributed by atoms with van der Waals surface area (Å²) in [6.45, 7) is 4.11. The van der Waals surface area contributed by atoms with Crippen molar-refractivity contribution in [3.8, 4) is 33.5 Å². The zero-order chi connectivity index (χ0) is 21.1. The molecule has 30 heavy (non-hydrogen) atoms. The number of benzene rings is 2. The van der Waals surface area contributed by atoms with Crippen molar-refractivity contribution in [2.75, 3.05) is 14.2 Å². The van der Waals surface area contributed by atoms with Crippen LogP contribution in [-0.4, -0.2) is 29.4 Å². The summed E-state index contributed by atoms with van der Waals surface area (Å²) in [5.41, 5.74) is 5.12. The minimum Gasteiger partial charge on any atom is -0.493 e. The van der Waals surface area contributed by atoms with Crippen LogP contribution in [0, 0.1) is 13.8 Å². The highest BCUT2D eigenvalue weighted by atomic mass is 32.2. The minimum absolute atomic E-state index is 0.526. The molecule has 0 radical (unpaired) electrons. The van der Waals surface area contributed by atoms with Gasteiger partial charge in [0.05, 0.1) is 25.5 Å². The molecule has 0 aliphatic rings. The molecule has 2 heterocycles. The van der Waals surface area contributed by atoms with Crippen molar-refractivity contribution in [3.63, 3.8) is 0 Å². The second-order valence-corrected chi connectivity index (χ2v) is 8.51. The van der Waals surface area contributed by atoms with Gasteiger partial charge in [0, 0.05) is 16.7 Å². The second kappa shape index (κ2) is 8.89. The molecule has 0 aliphatic carbocycles. The molecule has 6 nitrogen and oxygen atoms in total. The molecule has 0 bridgehead atoms. The van der Waals surface area contributed by atoms with E-state index in [2.05, 4.69) is 30.1 Å². The molecule has 0 saturated carbocycles. The number of aryl methyl sites for hydroxylation is 2. The SMILES string of the molecule is COc1cccc(-c2nc(CSc3nnc(-c4cc(C)cc(C)c4)o3)cs2)c1OC. The first kappa shape index (κ1) is 20.4. The monoisotopic (exact) mass is 439 g/mol. The first-order chi connectivity index (χ1) is 14.6. The van der Waals surface area contributed by atoms with Crippen LogP contribution in [-0.2, 0) is 5.75 Å². The van der Waals surface area contributed by atoms with Crippen LogP contribution in [0.5, 0.6) is 11.5 Å². The molecule has 0 atom stereocenters. The third-order valence-corrected chi connectivity index (χ3v) is 6.18. The van der Waals surface area contributed by atoms with Crippen molar-refractivity contribution < 1.29 is 13.9 Å². The second-order valence-electron chi connectivity index (χ2n) is 6.72. The number of para-hydroxylation sites is 1. The van der Waals surface area contributed by atoms with E-state index in [1.165, 1.54) is 22.9 Å². The molecule has 0 N–H and O–H groups in total. The largest absolute Gasteiger partial charge is 0.493 e. The maximum Gasteiger partial charge on any atom is 0.277 e. The average molecular weight is 440 g/mol. The molecule has 2 aromatic heterocycles. The summed E-state index contributed by atoms with van der Waals surface area (Å²) in [5, 5.41) is 11.8. The fourth-order valence-electron chi connectivity index (χ4n) is 3.17. The quantitative estimate of drug-likeness (QED) is 0.338. The van der Waals surface area contributed by atoms with E-state index in [9.17, 15) is 0 Å². The van der Waals surface area contributed by atoms with Gasteiger partial charge in [-0.2, -0.15) is 0 Å². The Balaban J connectivity index is 1.48. The molecule has 0 spiro atoms. The number of hydrogen-bond donors (Lipinski definition) is 0. The van der Waals surface area contributed by atoms with E-state index in [1.807, 2.05) is 35.7 Å². The van der Waals surface area contributed by atoms with Crippen LogP contribution >= 0.6 is 23.1 Å². The molecule has 0 fully saturated rings. The average Bonchev–Trinajstić information content (AvgIpc) is 3.40. The highest BCUT2D eigenvalue weighted by Gasteiger charge is 2.16. The van der Waals surface area contributed by atoms with Crippen molar-refractivity contribution in [2.45, 2.75) is 24.8 Å². The van der Waals surface area contributed by atoms with Gasteiger partial charge >= 0.3 is 0 Å². The summed E-state index contributed by atoms with van der Waals surface area (Å²) in [5.74, 6) is 2.54. The van der Waals surface area contributed by atoms with Crippen LogP contribution < -0.4 is 9.47 Å². The van der Waals surface area contributed by atoms with E-state index in [4.69, 9.17) is 18.9 Å². The Bertz CT molecular complexity index is 1150. The van der Waals surface area contributed by atoms with Crippen LogP contribution in [0.4, 0.5) is 0 Å². The first-order valence-electron chi connectivity index (χ1n) is 9.28. The molecule has 0 amide bonds. The molecule has 0 aliphatic heterocycles. The number of thiazole rings is 1. The fraction of sp³-hybridized carbons (Fsp3) is 0.227. The molecular weight excluding hydrogens is 418 g/mol. The molecule has 8 heteroatoms. The smallest absolute Gasteiger partial charge is 0.277 e. The number of thioether (sulfide) groups is 1. The number of hydrogen-bond acceptors (Lipinski definition) is 8. The summed E-state index contributed by atoms with van der Waals surface area (Å²) in [4.78, 5) is 4.74. The Morgan fingerprint density at radius 1 is 1.03 bits per heavy atom. The lowest BCUT2D eigenvalue weighted by molar-refractivity contribution is 0.356. The van der Waals surface area contributed by atoms with Crippen molar-refractivity contribution in [1.29, 1.82) is 0 Å². The van der Waals surface area contributed by atoms with Crippen molar-refractivity contribution in [3.05, 3.63) is 58.6 Å². The van der Waals surface area contributed by atoms with Crippen LogP contribution in [0.3, 0.4) is 0 Å². The van der Waals surface area contributed by atoms with E-state index >= 15 is 0 Å². The number of methoxy groups -OCH3 is 2. The normalized spacial score (nSPS) is 10.9. The Kier molecular flexibility index (Phi) is 6.06. The lowest BCUT2D eigenvalue weighted by Gasteiger charge is -2.10. The number of nitrogens with zero attached hydrogens (tertiary/aromatic N) is 3. The summed E-state index contributed by atoms with van der Waals surface area (Å²) < 4.78 is 16.7. The van der Waals surface area contributed by atoms with Crippen molar-refractivity contribution in [2.24, 2.45) is 0 Å². The van der Waals surface area contributed by atoms with E-state index in [-0.39, 0.29) is 0 Å². The number of rotatable bonds is 7. The first-order valence-corrected chi connectivity index (χ1v) is 11.1. The maximum atomic E-state index is 5.84. The standard InChI is InChI=1S/C22H21N3O3S2/c1-13-8-14(2)10-15(9-13)20-24-25-22(28-20)30-12-16-11-29-21(23-16)17-6-5-7-18(26-3)19(17)27-4/h5-11H,12H2,1-4H3. The predicted molar refractivity (Wildman–Crippen MR) is 119 cm³/mol. The Morgan fingerprint density at radius 3 is 2.57 bits per heavy atom. The number of aromatic nitrogens is 3. The zero-order valence-corrected chi connectivity index (χ0v) is 18.8. The third-order valence-electron chi connectivity index (χ3n) is 4.40. The van der Waals surface area contributed by atoms with Gasteiger partial charge in [0.15, 0.2) is 11.5 Å². The van der Waals surface area contributed by atoms with Crippen LogP contribution in [0.15, 0.2) is 51.4 Å². The Hall–Kier alpha value is -2.84. The van der Waals surface area contributed by atoms with E-state index < -0.39 is 0 Å². The van der Waals surface area contributed by atoms with E-state index in [0.717, 1.165) is 21.8 Å². The van der Waals surface area contributed by atoms with Crippen LogP contribution in [0.25, 0.3) is 22.0 Å².